The third-order valence-electron chi connectivity index (χ3n) is 1.57. The lowest BCUT2D eigenvalue weighted by molar-refractivity contribution is -0.384. The largest absolute Gasteiger partial charge is 0.351 e. The summed E-state index contributed by atoms with van der Waals surface area (Å²) in [6.07, 6.45) is 0. The van der Waals surface area contributed by atoms with Gasteiger partial charge in [-0.25, -0.2) is 9.59 Å². The van der Waals surface area contributed by atoms with Crippen molar-refractivity contribution in [3.05, 3.63) is 34.4 Å². The van der Waals surface area contributed by atoms with E-state index in [0.29, 0.717) is 5.69 Å². The van der Waals surface area contributed by atoms with Gasteiger partial charge in [0, 0.05) is 17.8 Å². The molecule has 0 aliphatic heterocycles. The number of imide groups is 1. The minimum absolute atomic E-state index is 0.0964. The van der Waals surface area contributed by atoms with Gasteiger partial charge in [-0.15, -0.1) is 0 Å². The number of hydrogen-bond acceptors (Lipinski definition) is 4. The molecule has 0 fully saturated rings. The van der Waals surface area contributed by atoms with Crippen LogP contribution in [-0.2, 0) is 0 Å². The average molecular weight is 224 g/mol. The van der Waals surface area contributed by atoms with Crippen molar-refractivity contribution in [1.82, 2.24) is 5.32 Å². The summed E-state index contributed by atoms with van der Waals surface area (Å²) in [6.45, 7) is 0. The number of primary amides is 1. The first-order valence-corrected chi connectivity index (χ1v) is 4.11. The van der Waals surface area contributed by atoms with Crippen LogP contribution in [0, 0.1) is 10.1 Å². The summed E-state index contributed by atoms with van der Waals surface area (Å²) in [5.41, 5.74) is 4.92. The normalized spacial score (nSPS) is 9.25. The van der Waals surface area contributed by atoms with Gasteiger partial charge in [0.05, 0.1) is 4.92 Å². The van der Waals surface area contributed by atoms with E-state index in [2.05, 4.69) is 5.32 Å². The highest BCUT2D eigenvalue weighted by Crippen LogP contribution is 2.14. The van der Waals surface area contributed by atoms with Crippen LogP contribution in [0.5, 0.6) is 0 Å². The summed E-state index contributed by atoms with van der Waals surface area (Å²) in [7, 11) is 0. The van der Waals surface area contributed by atoms with Crippen molar-refractivity contribution in [1.29, 1.82) is 0 Å². The third kappa shape index (κ3) is 3.25. The molecule has 0 radical (unpaired) electrons. The van der Waals surface area contributed by atoms with Crippen LogP contribution in [0.2, 0.25) is 0 Å². The number of nitrogens with zero attached hydrogens (tertiary/aromatic N) is 1. The molecule has 0 saturated heterocycles. The fourth-order valence-corrected chi connectivity index (χ4v) is 0.941. The maximum absolute atomic E-state index is 11.0. The lowest BCUT2D eigenvalue weighted by atomic mass is 10.3. The van der Waals surface area contributed by atoms with Crippen LogP contribution in [0.25, 0.3) is 0 Å². The zero-order chi connectivity index (χ0) is 12.1. The van der Waals surface area contributed by atoms with E-state index in [1.165, 1.54) is 24.3 Å². The van der Waals surface area contributed by atoms with Crippen molar-refractivity contribution in [2.75, 3.05) is 5.32 Å². The van der Waals surface area contributed by atoms with E-state index in [1.807, 2.05) is 0 Å². The van der Waals surface area contributed by atoms with E-state index >= 15 is 0 Å². The van der Waals surface area contributed by atoms with E-state index in [0.717, 1.165) is 0 Å². The molecule has 8 nitrogen and oxygen atoms in total. The maximum Gasteiger partial charge on any atom is 0.327 e. The summed E-state index contributed by atoms with van der Waals surface area (Å²) >= 11 is 0. The fraction of sp³-hybridized carbons (Fsp3) is 0. The molecule has 4 N–H and O–H groups in total. The van der Waals surface area contributed by atoms with Gasteiger partial charge in [0.25, 0.3) is 5.69 Å². The lowest BCUT2D eigenvalue weighted by Crippen LogP contribution is -2.38. The van der Waals surface area contributed by atoms with Crippen LogP contribution in [0.1, 0.15) is 0 Å². The predicted molar refractivity (Wildman–Crippen MR) is 54.8 cm³/mol. The summed E-state index contributed by atoms with van der Waals surface area (Å²) in [5.74, 6) is 0. The Morgan fingerprint density at radius 1 is 1.25 bits per heavy atom. The minimum atomic E-state index is -0.987. The van der Waals surface area contributed by atoms with E-state index in [4.69, 9.17) is 5.73 Å². The predicted octanol–water partition coefficient (Wildman–Crippen LogP) is 0.795. The summed E-state index contributed by atoms with van der Waals surface area (Å²) < 4.78 is 0. The van der Waals surface area contributed by atoms with E-state index in [9.17, 15) is 19.7 Å². The molecule has 0 aromatic heterocycles. The first-order valence-electron chi connectivity index (χ1n) is 4.11. The van der Waals surface area contributed by atoms with Crippen LogP contribution < -0.4 is 16.4 Å². The molecule has 0 saturated carbocycles. The number of carbonyl (C=O) groups excluding carboxylic acids is 2. The van der Waals surface area contributed by atoms with Gasteiger partial charge < -0.3 is 11.1 Å². The molecule has 1 aromatic rings. The SMILES string of the molecule is NC(=O)NC(=O)Nc1ccc([N+](=O)[O-])cc1. The van der Waals surface area contributed by atoms with Gasteiger partial charge in [-0.2, -0.15) is 0 Å². The van der Waals surface area contributed by atoms with Gasteiger partial charge >= 0.3 is 12.1 Å². The van der Waals surface area contributed by atoms with Crippen molar-refractivity contribution in [3.8, 4) is 0 Å². The molecule has 0 unspecified atom stereocenters. The van der Waals surface area contributed by atoms with Crippen LogP contribution in [0.3, 0.4) is 0 Å². The smallest absolute Gasteiger partial charge is 0.327 e. The molecule has 0 spiro atoms. The third-order valence-corrected chi connectivity index (χ3v) is 1.57. The molecule has 1 aromatic carbocycles. The van der Waals surface area contributed by atoms with Crippen LogP contribution in [-0.4, -0.2) is 17.0 Å². The lowest BCUT2D eigenvalue weighted by Gasteiger charge is -2.03. The molecule has 8 heteroatoms. The minimum Gasteiger partial charge on any atom is -0.351 e. The van der Waals surface area contributed by atoms with Crippen molar-refractivity contribution in [2.45, 2.75) is 0 Å². The second kappa shape index (κ2) is 4.73. The molecule has 16 heavy (non-hydrogen) atoms. The molecular weight excluding hydrogens is 216 g/mol. The second-order valence-corrected chi connectivity index (χ2v) is 2.75. The van der Waals surface area contributed by atoms with Gasteiger partial charge in [-0.3, -0.25) is 15.4 Å². The molecule has 0 bridgehead atoms. The maximum atomic E-state index is 11.0. The van der Waals surface area contributed by atoms with E-state index < -0.39 is 17.0 Å². The number of carbonyl (C=O) groups is 2. The van der Waals surface area contributed by atoms with Crippen LogP contribution in [0.15, 0.2) is 24.3 Å². The number of benzene rings is 1. The molecule has 0 heterocycles. The number of non-ortho nitro benzene ring substituents is 1. The highest BCUT2D eigenvalue weighted by Gasteiger charge is 2.06. The number of urea groups is 2. The number of nitro benzene ring substituents is 1. The van der Waals surface area contributed by atoms with Crippen molar-refractivity contribution in [2.24, 2.45) is 5.73 Å². The highest BCUT2D eigenvalue weighted by atomic mass is 16.6. The Morgan fingerprint density at radius 3 is 2.25 bits per heavy atom. The number of nitrogens with one attached hydrogen (secondary N) is 2. The number of nitrogens with two attached hydrogens (primary N) is 1. The fourth-order valence-electron chi connectivity index (χ4n) is 0.941. The van der Waals surface area contributed by atoms with Gasteiger partial charge in [0.2, 0.25) is 0 Å². The highest BCUT2D eigenvalue weighted by molar-refractivity contribution is 6.00. The summed E-state index contributed by atoms with van der Waals surface area (Å²) in [5, 5.41) is 14.4. The zero-order valence-corrected chi connectivity index (χ0v) is 7.97. The molecule has 84 valence electrons. The van der Waals surface area contributed by atoms with Gasteiger partial charge in [0.15, 0.2) is 0 Å². The van der Waals surface area contributed by atoms with Crippen LogP contribution >= 0.6 is 0 Å². The van der Waals surface area contributed by atoms with Gasteiger partial charge in [-0.1, -0.05) is 0 Å². The molecule has 4 amide bonds. The molecular formula is C8H8N4O4. The summed E-state index contributed by atoms with van der Waals surface area (Å²) in [4.78, 5) is 31.1. The Hall–Kier alpha value is -2.64. The standard InChI is InChI=1S/C8H8N4O4/c9-7(13)11-8(14)10-5-1-3-6(4-2-5)12(15)16/h1-4H,(H4,9,10,11,13,14). The summed E-state index contributed by atoms with van der Waals surface area (Å²) in [6, 6.07) is 3.32. The second-order valence-electron chi connectivity index (χ2n) is 2.75. The monoisotopic (exact) mass is 224 g/mol. The zero-order valence-electron chi connectivity index (χ0n) is 7.97. The van der Waals surface area contributed by atoms with Gasteiger partial charge in [0.1, 0.15) is 0 Å². The van der Waals surface area contributed by atoms with Crippen molar-refractivity contribution in [3.63, 3.8) is 0 Å². The number of amides is 4. The Labute approximate surface area is 89.6 Å². The van der Waals surface area contributed by atoms with E-state index in [-0.39, 0.29) is 5.69 Å². The first-order chi connectivity index (χ1) is 7.49. The Balaban J connectivity index is 2.65. The van der Waals surface area contributed by atoms with Crippen molar-refractivity contribution < 1.29 is 14.5 Å². The molecule has 1 rings (SSSR count). The van der Waals surface area contributed by atoms with Gasteiger partial charge in [-0.05, 0) is 12.1 Å². The number of rotatable bonds is 2. The Kier molecular flexibility index (Phi) is 3.38. The molecule has 0 aliphatic carbocycles. The molecule has 0 atom stereocenters. The molecule has 0 aliphatic rings. The van der Waals surface area contributed by atoms with Crippen LogP contribution in [0.4, 0.5) is 21.0 Å². The number of anilines is 1. The Bertz CT molecular complexity index is 428. The first kappa shape index (κ1) is 11.4. The Morgan fingerprint density at radius 2 is 1.81 bits per heavy atom. The quantitative estimate of drug-likeness (QED) is 0.506. The van der Waals surface area contributed by atoms with E-state index in [1.54, 1.807) is 5.32 Å². The topological polar surface area (TPSA) is 127 Å². The number of nitro groups is 1. The number of hydrogen-bond donors (Lipinski definition) is 3. The van der Waals surface area contributed by atoms with Crippen molar-refractivity contribution >= 4 is 23.4 Å². The average Bonchev–Trinajstić information content (AvgIpc) is 2.16.